The average Bonchev–Trinajstić information content (AvgIpc) is 2.49. The monoisotopic (exact) mass is 299 g/mol. The van der Waals surface area contributed by atoms with E-state index < -0.39 is 5.25 Å². The SMILES string of the molecule is O=C(C[C@H]1Sc2ccccc2NC1=O)Nc1cccnc1. The normalized spacial score (nSPS) is 16.8. The fraction of sp³-hybridized carbons (Fsp3) is 0.133. The summed E-state index contributed by atoms with van der Waals surface area (Å²) in [5.41, 5.74) is 1.43. The molecule has 3 rings (SSSR count). The van der Waals surface area contributed by atoms with Gasteiger partial charge in [-0.25, -0.2) is 0 Å². The Morgan fingerprint density at radius 3 is 2.95 bits per heavy atom. The van der Waals surface area contributed by atoms with Crippen LogP contribution in [-0.2, 0) is 9.59 Å². The van der Waals surface area contributed by atoms with Gasteiger partial charge in [-0.1, -0.05) is 12.1 Å². The maximum absolute atomic E-state index is 12.0. The van der Waals surface area contributed by atoms with E-state index in [0.29, 0.717) is 5.69 Å². The van der Waals surface area contributed by atoms with Gasteiger partial charge in [0.05, 0.1) is 22.8 Å². The van der Waals surface area contributed by atoms with Gasteiger partial charge in [0.1, 0.15) is 0 Å². The number of nitrogens with one attached hydrogen (secondary N) is 2. The predicted molar refractivity (Wildman–Crippen MR) is 82.2 cm³/mol. The first-order valence-electron chi connectivity index (χ1n) is 6.49. The van der Waals surface area contributed by atoms with E-state index in [9.17, 15) is 9.59 Å². The van der Waals surface area contributed by atoms with Gasteiger partial charge in [0.15, 0.2) is 0 Å². The fourth-order valence-electron chi connectivity index (χ4n) is 2.04. The molecule has 0 saturated heterocycles. The van der Waals surface area contributed by atoms with Gasteiger partial charge < -0.3 is 10.6 Å². The van der Waals surface area contributed by atoms with Crippen LogP contribution in [0.2, 0.25) is 0 Å². The van der Waals surface area contributed by atoms with E-state index in [4.69, 9.17) is 0 Å². The number of hydrogen-bond acceptors (Lipinski definition) is 4. The van der Waals surface area contributed by atoms with Crippen molar-refractivity contribution in [1.29, 1.82) is 0 Å². The van der Waals surface area contributed by atoms with E-state index in [0.717, 1.165) is 10.6 Å². The van der Waals surface area contributed by atoms with Crippen molar-refractivity contribution in [2.75, 3.05) is 10.6 Å². The number of pyridine rings is 1. The molecule has 0 bridgehead atoms. The lowest BCUT2D eigenvalue weighted by atomic mass is 10.2. The minimum Gasteiger partial charge on any atom is -0.325 e. The third-order valence-electron chi connectivity index (χ3n) is 3.02. The van der Waals surface area contributed by atoms with Crippen LogP contribution in [0.25, 0.3) is 0 Å². The zero-order valence-corrected chi connectivity index (χ0v) is 11.9. The minimum atomic E-state index is -0.420. The Morgan fingerprint density at radius 1 is 1.29 bits per heavy atom. The summed E-state index contributed by atoms with van der Waals surface area (Å²) in [5.74, 6) is -0.338. The molecule has 2 heterocycles. The first kappa shape index (κ1) is 13.6. The summed E-state index contributed by atoms with van der Waals surface area (Å²) >= 11 is 1.42. The highest BCUT2D eigenvalue weighted by atomic mass is 32.2. The second-order valence-electron chi connectivity index (χ2n) is 4.59. The molecule has 1 aliphatic rings. The van der Waals surface area contributed by atoms with Crippen LogP contribution in [0.5, 0.6) is 0 Å². The van der Waals surface area contributed by atoms with E-state index in [1.54, 1.807) is 24.5 Å². The molecule has 0 radical (unpaired) electrons. The van der Waals surface area contributed by atoms with Crippen molar-refractivity contribution < 1.29 is 9.59 Å². The number of hydrogen-bond donors (Lipinski definition) is 2. The van der Waals surface area contributed by atoms with Crippen LogP contribution >= 0.6 is 11.8 Å². The molecule has 0 fully saturated rings. The summed E-state index contributed by atoms with van der Waals surface area (Å²) < 4.78 is 0. The van der Waals surface area contributed by atoms with Gasteiger partial charge in [-0.15, -0.1) is 11.8 Å². The summed E-state index contributed by atoms with van der Waals surface area (Å²) in [5, 5.41) is 5.15. The van der Waals surface area contributed by atoms with Crippen molar-refractivity contribution in [2.24, 2.45) is 0 Å². The molecule has 1 aromatic carbocycles. The molecule has 5 nitrogen and oxygen atoms in total. The Morgan fingerprint density at radius 2 is 2.14 bits per heavy atom. The largest absolute Gasteiger partial charge is 0.325 e. The Hall–Kier alpha value is -2.34. The minimum absolute atomic E-state index is 0.125. The second-order valence-corrected chi connectivity index (χ2v) is 5.83. The lowest BCUT2D eigenvalue weighted by Crippen LogP contribution is -2.32. The van der Waals surface area contributed by atoms with Crippen LogP contribution in [0.4, 0.5) is 11.4 Å². The number of para-hydroxylation sites is 1. The van der Waals surface area contributed by atoms with Crippen LogP contribution in [0.15, 0.2) is 53.7 Å². The summed E-state index contributed by atoms with van der Waals surface area (Å²) in [7, 11) is 0. The maximum atomic E-state index is 12.0. The predicted octanol–water partition coefficient (Wildman–Crippen LogP) is 2.52. The number of amides is 2. The molecule has 1 aliphatic heterocycles. The summed E-state index contributed by atoms with van der Waals surface area (Å²) in [4.78, 5) is 28.9. The zero-order valence-electron chi connectivity index (χ0n) is 11.1. The molecule has 0 aliphatic carbocycles. The van der Waals surface area contributed by atoms with E-state index in [2.05, 4.69) is 15.6 Å². The standard InChI is InChI=1S/C15H13N3O2S/c19-14(17-10-4-3-7-16-9-10)8-13-15(20)18-11-5-1-2-6-12(11)21-13/h1-7,9,13H,8H2,(H,17,19)(H,18,20)/t13-/m1/s1. The molecule has 2 N–H and O–H groups in total. The molecule has 6 heteroatoms. The van der Waals surface area contributed by atoms with Crippen LogP contribution in [-0.4, -0.2) is 22.0 Å². The summed E-state index contributed by atoms with van der Waals surface area (Å²) in [6.07, 6.45) is 3.33. The molecule has 0 saturated carbocycles. The van der Waals surface area contributed by atoms with Gasteiger partial charge >= 0.3 is 0 Å². The van der Waals surface area contributed by atoms with Gasteiger partial charge in [-0.3, -0.25) is 14.6 Å². The number of benzene rings is 1. The highest BCUT2D eigenvalue weighted by Gasteiger charge is 2.28. The van der Waals surface area contributed by atoms with Gasteiger partial charge in [0.25, 0.3) is 0 Å². The summed E-state index contributed by atoms with van der Waals surface area (Å²) in [6.45, 7) is 0. The number of nitrogens with zero attached hydrogens (tertiary/aromatic N) is 1. The molecule has 0 spiro atoms. The van der Waals surface area contributed by atoms with Gasteiger partial charge in [-0.2, -0.15) is 0 Å². The Balaban J connectivity index is 1.65. The van der Waals surface area contributed by atoms with Crippen LogP contribution < -0.4 is 10.6 Å². The number of aromatic nitrogens is 1. The Bertz CT molecular complexity index is 676. The molecular weight excluding hydrogens is 286 g/mol. The first-order valence-corrected chi connectivity index (χ1v) is 7.37. The summed E-state index contributed by atoms with van der Waals surface area (Å²) in [6, 6.07) is 11.1. The average molecular weight is 299 g/mol. The lowest BCUT2D eigenvalue weighted by molar-refractivity contribution is -0.120. The molecule has 21 heavy (non-hydrogen) atoms. The lowest BCUT2D eigenvalue weighted by Gasteiger charge is -2.23. The highest BCUT2D eigenvalue weighted by Crippen LogP contribution is 2.36. The van der Waals surface area contributed by atoms with Crippen molar-refractivity contribution in [2.45, 2.75) is 16.6 Å². The molecular formula is C15H13N3O2S. The number of thioether (sulfide) groups is 1. The number of carbonyl (C=O) groups excluding carboxylic acids is 2. The number of anilines is 2. The third-order valence-corrected chi connectivity index (χ3v) is 4.30. The fourth-order valence-corrected chi connectivity index (χ4v) is 3.15. The van der Waals surface area contributed by atoms with Crippen LogP contribution in [0, 0.1) is 0 Å². The molecule has 1 atom stereocenters. The second kappa shape index (κ2) is 5.97. The molecule has 106 valence electrons. The van der Waals surface area contributed by atoms with Gasteiger partial charge in [0.2, 0.25) is 11.8 Å². The number of fused-ring (bicyclic) bond motifs is 1. The van der Waals surface area contributed by atoms with E-state index in [1.165, 1.54) is 11.8 Å². The van der Waals surface area contributed by atoms with Crippen molar-refractivity contribution in [1.82, 2.24) is 4.98 Å². The quantitative estimate of drug-likeness (QED) is 0.913. The van der Waals surface area contributed by atoms with Gasteiger partial charge in [0, 0.05) is 17.5 Å². The van der Waals surface area contributed by atoms with Crippen molar-refractivity contribution in [3.63, 3.8) is 0 Å². The highest BCUT2D eigenvalue weighted by molar-refractivity contribution is 8.01. The first-order chi connectivity index (χ1) is 10.2. The third kappa shape index (κ3) is 3.22. The van der Waals surface area contributed by atoms with Crippen LogP contribution in [0.1, 0.15) is 6.42 Å². The van der Waals surface area contributed by atoms with Crippen molar-refractivity contribution in [3.8, 4) is 0 Å². The number of carbonyl (C=O) groups is 2. The molecule has 0 unspecified atom stereocenters. The Kier molecular flexibility index (Phi) is 3.87. The zero-order chi connectivity index (χ0) is 14.7. The molecule has 1 aromatic heterocycles. The topological polar surface area (TPSA) is 71.1 Å². The van der Waals surface area contributed by atoms with Crippen LogP contribution in [0.3, 0.4) is 0 Å². The van der Waals surface area contributed by atoms with E-state index >= 15 is 0 Å². The smallest absolute Gasteiger partial charge is 0.238 e. The number of rotatable bonds is 3. The molecule has 2 amide bonds. The van der Waals surface area contributed by atoms with Crippen molar-refractivity contribution in [3.05, 3.63) is 48.8 Å². The van der Waals surface area contributed by atoms with E-state index in [1.807, 2.05) is 24.3 Å². The maximum Gasteiger partial charge on any atom is 0.238 e. The Labute approximate surface area is 126 Å². The molecule has 2 aromatic rings. The van der Waals surface area contributed by atoms with Crippen molar-refractivity contribution >= 4 is 35.0 Å². The van der Waals surface area contributed by atoms with E-state index in [-0.39, 0.29) is 18.2 Å². The van der Waals surface area contributed by atoms with Gasteiger partial charge in [-0.05, 0) is 24.3 Å².